The number of H-pyrrole nitrogens is 1. The Kier molecular flexibility index (Phi) is 3.61. The largest absolute Gasteiger partial charge is 0.497 e. The van der Waals surface area contributed by atoms with Crippen molar-refractivity contribution in [1.82, 2.24) is 9.97 Å². The zero-order valence-corrected chi connectivity index (χ0v) is 10.6. The second-order valence-electron chi connectivity index (χ2n) is 3.89. The number of rotatable bonds is 3. The molecule has 6 nitrogen and oxygen atoms in total. The number of benzene rings is 1. The minimum atomic E-state index is -0.501. The van der Waals surface area contributed by atoms with Crippen molar-refractivity contribution in [3.05, 3.63) is 52.2 Å². The summed E-state index contributed by atoms with van der Waals surface area (Å²) in [7, 11) is 1.56. The summed E-state index contributed by atoms with van der Waals surface area (Å²) >= 11 is 0. The average Bonchev–Trinajstić information content (AvgIpc) is 2.39. The molecule has 6 heteroatoms. The maximum Gasteiger partial charge on any atom is 0.263 e. The number of aromatic amines is 1. The molecule has 0 unspecified atom stereocenters. The second-order valence-corrected chi connectivity index (χ2v) is 3.89. The lowest BCUT2D eigenvalue weighted by Gasteiger charge is -2.05. The molecule has 0 spiro atoms. The van der Waals surface area contributed by atoms with E-state index in [0.29, 0.717) is 17.3 Å². The number of carbonyl (C=O) groups excluding carboxylic acids is 1. The van der Waals surface area contributed by atoms with Crippen LogP contribution in [-0.4, -0.2) is 23.0 Å². The molecule has 2 aromatic rings. The molecule has 1 amide bonds. The van der Waals surface area contributed by atoms with E-state index in [4.69, 9.17) is 4.74 Å². The van der Waals surface area contributed by atoms with Crippen molar-refractivity contribution in [2.45, 2.75) is 6.92 Å². The van der Waals surface area contributed by atoms with Crippen molar-refractivity contribution in [3.8, 4) is 5.75 Å². The van der Waals surface area contributed by atoms with Crippen LogP contribution in [0.2, 0.25) is 0 Å². The number of carbonyl (C=O) groups is 1. The summed E-state index contributed by atoms with van der Waals surface area (Å²) in [5.41, 5.74) is 0.0886. The van der Waals surface area contributed by atoms with E-state index < -0.39 is 11.5 Å². The quantitative estimate of drug-likeness (QED) is 0.871. The van der Waals surface area contributed by atoms with Crippen LogP contribution in [-0.2, 0) is 0 Å². The summed E-state index contributed by atoms with van der Waals surface area (Å²) in [6.07, 6.45) is 1.26. The highest BCUT2D eigenvalue weighted by molar-refractivity contribution is 6.03. The Bertz CT molecular complexity index is 647. The first kappa shape index (κ1) is 12.8. The summed E-state index contributed by atoms with van der Waals surface area (Å²) in [6.45, 7) is 1.65. The standard InChI is InChI=1S/C13H13N3O3/c1-8-14-7-11(12(17)15-8)13(18)16-9-3-5-10(19-2)6-4-9/h3-7H,1-2H3,(H,16,18)(H,14,15,17). The lowest BCUT2D eigenvalue weighted by atomic mass is 10.2. The summed E-state index contributed by atoms with van der Waals surface area (Å²) in [4.78, 5) is 29.9. The van der Waals surface area contributed by atoms with Crippen molar-refractivity contribution < 1.29 is 9.53 Å². The molecule has 98 valence electrons. The van der Waals surface area contributed by atoms with E-state index in [1.165, 1.54) is 6.20 Å². The van der Waals surface area contributed by atoms with Gasteiger partial charge in [0.2, 0.25) is 0 Å². The Labute approximate surface area is 109 Å². The van der Waals surface area contributed by atoms with E-state index in [1.807, 2.05) is 0 Å². The average molecular weight is 259 g/mol. The molecule has 1 aromatic heterocycles. The van der Waals surface area contributed by atoms with Crippen LogP contribution >= 0.6 is 0 Å². The third kappa shape index (κ3) is 2.98. The van der Waals surface area contributed by atoms with Gasteiger partial charge in [-0.1, -0.05) is 0 Å². The summed E-state index contributed by atoms with van der Waals surface area (Å²) in [6, 6.07) is 6.81. The van der Waals surface area contributed by atoms with Gasteiger partial charge in [0.15, 0.2) is 0 Å². The predicted octanol–water partition coefficient (Wildman–Crippen LogP) is 1.34. The molecule has 2 N–H and O–H groups in total. The van der Waals surface area contributed by atoms with E-state index in [0.717, 1.165) is 0 Å². The van der Waals surface area contributed by atoms with Gasteiger partial charge in [-0.05, 0) is 31.2 Å². The molecular weight excluding hydrogens is 246 g/mol. The fourth-order valence-electron chi connectivity index (χ4n) is 1.52. The molecule has 0 aliphatic carbocycles. The number of amides is 1. The van der Waals surface area contributed by atoms with E-state index in [9.17, 15) is 9.59 Å². The van der Waals surface area contributed by atoms with Gasteiger partial charge in [0.1, 0.15) is 17.1 Å². The Balaban J connectivity index is 2.18. The number of aryl methyl sites for hydroxylation is 1. The second kappa shape index (κ2) is 5.34. The Morgan fingerprint density at radius 1 is 1.32 bits per heavy atom. The third-order valence-corrected chi connectivity index (χ3v) is 2.52. The minimum absolute atomic E-state index is 0.0265. The zero-order valence-electron chi connectivity index (χ0n) is 10.6. The third-order valence-electron chi connectivity index (χ3n) is 2.52. The van der Waals surface area contributed by atoms with Gasteiger partial charge in [0.25, 0.3) is 11.5 Å². The van der Waals surface area contributed by atoms with Crippen LogP contribution in [0, 0.1) is 6.92 Å². The van der Waals surface area contributed by atoms with Crippen molar-refractivity contribution >= 4 is 11.6 Å². The fourth-order valence-corrected chi connectivity index (χ4v) is 1.52. The van der Waals surface area contributed by atoms with Gasteiger partial charge in [0, 0.05) is 11.9 Å². The van der Waals surface area contributed by atoms with E-state index >= 15 is 0 Å². The smallest absolute Gasteiger partial charge is 0.263 e. The number of hydrogen-bond donors (Lipinski definition) is 2. The lowest BCUT2D eigenvalue weighted by molar-refractivity contribution is 0.102. The maximum absolute atomic E-state index is 11.9. The zero-order chi connectivity index (χ0) is 13.8. The first-order valence-electron chi connectivity index (χ1n) is 5.61. The Morgan fingerprint density at radius 2 is 2.00 bits per heavy atom. The van der Waals surface area contributed by atoms with Gasteiger partial charge in [-0.15, -0.1) is 0 Å². The fraction of sp³-hybridized carbons (Fsp3) is 0.154. The topological polar surface area (TPSA) is 84.1 Å². The first-order valence-corrected chi connectivity index (χ1v) is 5.61. The summed E-state index contributed by atoms with van der Waals surface area (Å²) in [5, 5.41) is 2.62. The van der Waals surface area contributed by atoms with Gasteiger partial charge in [-0.2, -0.15) is 0 Å². The highest BCUT2D eigenvalue weighted by atomic mass is 16.5. The van der Waals surface area contributed by atoms with Crippen LogP contribution in [0.15, 0.2) is 35.3 Å². The Hall–Kier alpha value is -2.63. The van der Waals surface area contributed by atoms with Crippen molar-refractivity contribution in [2.24, 2.45) is 0 Å². The molecule has 2 rings (SSSR count). The van der Waals surface area contributed by atoms with Gasteiger partial charge in [0.05, 0.1) is 7.11 Å². The number of anilines is 1. The molecule has 0 radical (unpaired) electrons. The summed E-state index contributed by atoms with van der Waals surface area (Å²) in [5.74, 6) is 0.651. The number of aromatic nitrogens is 2. The van der Waals surface area contributed by atoms with Crippen LogP contribution in [0.3, 0.4) is 0 Å². The van der Waals surface area contributed by atoms with Gasteiger partial charge < -0.3 is 15.0 Å². The molecule has 0 saturated carbocycles. The van der Waals surface area contributed by atoms with E-state index in [-0.39, 0.29) is 5.56 Å². The molecule has 19 heavy (non-hydrogen) atoms. The molecule has 0 bridgehead atoms. The maximum atomic E-state index is 11.9. The first-order chi connectivity index (χ1) is 9.10. The van der Waals surface area contributed by atoms with Crippen LogP contribution < -0.4 is 15.6 Å². The van der Waals surface area contributed by atoms with Crippen LogP contribution in [0.5, 0.6) is 5.75 Å². The minimum Gasteiger partial charge on any atom is -0.497 e. The predicted molar refractivity (Wildman–Crippen MR) is 70.5 cm³/mol. The number of hydrogen-bond acceptors (Lipinski definition) is 4. The van der Waals surface area contributed by atoms with Crippen LogP contribution in [0.4, 0.5) is 5.69 Å². The molecule has 1 aromatic carbocycles. The van der Waals surface area contributed by atoms with Crippen LogP contribution in [0.1, 0.15) is 16.2 Å². The molecular formula is C13H13N3O3. The number of nitrogens with zero attached hydrogens (tertiary/aromatic N) is 1. The molecule has 0 aliphatic heterocycles. The number of ether oxygens (including phenoxy) is 1. The molecule has 1 heterocycles. The number of methoxy groups -OCH3 is 1. The van der Waals surface area contributed by atoms with Gasteiger partial charge >= 0.3 is 0 Å². The Morgan fingerprint density at radius 3 is 2.58 bits per heavy atom. The molecule has 0 atom stereocenters. The van der Waals surface area contributed by atoms with Crippen LogP contribution in [0.25, 0.3) is 0 Å². The monoisotopic (exact) mass is 259 g/mol. The number of nitrogens with one attached hydrogen (secondary N) is 2. The van der Waals surface area contributed by atoms with Gasteiger partial charge in [-0.3, -0.25) is 9.59 Å². The molecule has 0 fully saturated rings. The van der Waals surface area contributed by atoms with E-state index in [2.05, 4.69) is 15.3 Å². The van der Waals surface area contributed by atoms with Crippen molar-refractivity contribution in [2.75, 3.05) is 12.4 Å². The lowest BCUT2D eigenvalue weighted by Crippen LogP contribution is -2.24. The SMILES string of the molecule is COc1ccc(NC(=O)c2cnc(C)[nH]c2=O)cc1. The summed E-state index contributed by atoms with van der Waals surface area (Å²) < 4.78 is 5.01. The highest BCUT2D eigenvalue weighted by Gasteiger charge is 2.11. The molecule has 0 aliphatic rings. The highest BCUT2D eigenvalue weighted by Crippen LogP contribution is 2.15. The normalized spacial score (nSPS) is 10.0. The van der Waals surface area contributed by atoms with Crippen molar-refractivity contribution in [3.63, 3.8) is 0 Å². The van der Waals surface area contributed by atoms with E-state index in [1.54, 1.807) is 38.3 Å². The van der Waals surface area contributed by atoms with Gasteiger partial charge in [-0.25, -0.2) is 4.98 Å². The van der Waals surface area contributed by atoms with Crippen molar-refractivity contribution in [1.29, 1.82) is 0 Å². The molecule has 0 saturated heterocycles.